The van der Waals surface area contributed by atoms with Gasteiger partial charge in [-0.15, -0.1) is 0 Å². The van der Waals surface area contributed by atoms with Gasteiger partial charge in [-0.1, -0.05) is 75.3 Å². The monoisotopic (exact) mass is 414 g/mol. The number of rotatable bonds is 4. The molecule has 2 atom stereocenters. The molecule has 1 heterocycles. The number of esters is 1. The fraction of sp³-hybridized carbons (Fsp3) is 0.577. The van der Waals surface area contributed by atoms with Crippen LogP contribution in [0.3, 0.4) is 0 Å². The van der Waals surface area contributed by atoms with Crippen molar-refractivity contribution in [3.05, 3.63) is 54.1 Å². The van der Waals surface area contributed by atoms with Crippen LogP contribution in [0.4, 0.5) is 0 Å². The van der Waals surface area contributed by atoms with E-state index in [2.05, 4.69) is 0 Å². The number of methoxy groups -OCH3 is 1. The molecule has 166 valence electrons. The molecule has 1 aromatic carbocycles. The first-order chi connectivity index (χ1) is 14.7. The normalized spacial score (nSPS) is 24.8. The minimum Gasteiger partial charge on any atom is -0.497 e. The summed E-state index contributed by atoms with van der Waals surface area (Å²) in [6.45, 7) is 2.53. The van der Waals surface area contributed by atoms with Gasteiger partial charge in [-0.2, -0.15) is 0 Å². The van der Waals surface area contributed by atoms with Crippen LogP contribution in [0.5, 0.6) is 5.75 Å². The van der Waals surface area contributed by atoms with Crippen LogP contribution in [0.25, 0.3) is 0 Å². The molecule has 0 radical (unpaired) electrons. The molecular formula is C26H38O4. The number of carbonyl (C=O) groups is 1. The second-order valence-electron chi connectivity index (χ2n) is 8.09. The average Bonchev–Trinajstić information content (AvgIpc) is 2.75. The SMILES string of the molecule is COc1ccc(CO[C@H]2/C=C\C=C\C(=O)O[C@@H](C)CCCCCCCCCC2)cc1. The van der Waals surface area contributed by atoms with Gasteiger partial charge in [0.1, 0.15) is 5.75 Å². The highest BCUT2D eigenvalue weighted by Crippen LogP contribution is 2.17. The van der Waals surface area contributed by atoms with Crippen LogP contribution in [0.2, 0.25) is 0 Å². The Morgan fingerprint density at radius 3 is 2.20 bits per heavy atom. The Bertz CT molecular complexity index is 648. The van der Waals surface area contributed by atoms with E-state index in [-0.39, 0.29) is 18.2 Å². The number of benzene rings is 1. The highest BCUT2D eigenvalue weighted by Gasteiger charge is 2.08. The van der Waals surface area contributed by atoms with Gasteiger partial charge in [0.15, 0.2) is 0 Å². The van der Waals surface area contributed by atoms with Crippen LogP contribution >= 0.6 is 0 Å². The highest BCUT2D eigenvalue weighted by molar-refractivity contribution is 5.82. The number of ether oxygens (including phenoxy) is 3. The first-order valence-electron chi connectivity index (χ1n) is 11.5. The van der Waals surface area contributed by atoms with Gasteiger partial charge < -0.3 is 14.2 Å². The lowest BCUT2D eigenvalue weighted by Crippen LogP contribution is -2.12. The third-order valence-corrected chi connectivity index (χ3v) is 5.46. The fourth-order valence-electron chi connectivity index (χ4n) is 3.62. The second-order valence-corrected chi connectivity index (χ2v) is 8.09. The van der Waals surface area contributed by atoms with E-state index in [9.17, 15) is 4.79 Å². The standard InChI is InChI=1S/C26H38O4/c1-22-13-9-7-5-3-4-6-8-10-14-25(15-11-12-16-26(27)30-22)29-21-23-17-19-24(28-2)20-18-23/h11-12,15-20,22,25H,3-10,13-14,21H2,1-2H3/b15-11-,16-12+/t22-,25+/m0/s1. The largest absolute Gasteiger partial charge is 0.497 e. The smallest absolute Gasteiger partial charge is 0.331 e. The molecule has 0 saturated carbocycles. The van der Waals surface area contributed by atoms with Crippen molar-refractivity contribution in [3.8, 4) is 5.75 Å². The maximum absolute atomic E-state index is 11.9. The molecule has 0 spiro atoms. The first-order valence-corrected chi connectivity index (χ1v) is 11.5. The molecule has 1 aliphatic rings. The zero-order valence-electron chi connectivity index (χ0n) is 18.7. The fourth-order valence-corrected chi connectivity index (χ4v) is 3.62. The summed E-state index contributed by atoms with van der Waals surface area (Å²) in [5.41, 5.74) is 1.12. The highest BCUT2D eigenvalue weighted by atomic mass is 16.5. The van der Waals surface area contributed by atoms with Crippen molar-refractivity contribution < 1.29 is 19.0 Å². The molecule has 4 heteroatoms. The van der Waals surface area contributed by atoms with E-state index in [1.807, 2.05) is 43.3 Å². The van der Waals surface area contributed by atoms with Crippen molar-refractivity contribution >= 4 is 5.97 Å². The molecule has 4 nitrogen and oxygen atoms in total. The Hall–Kier alpha value is -2.07. The van der Waals surface area contributed by atoms with Crippen molar-refractivity contribution in [2.45, 2.75) is 89.9 Å². The Morgan fingerprint density at radius 1 is 0.900 bits per heavy atom. The molecule has 0 unspecified atom stereocenters. The Morgan fingerprint density at radius 2 is 1.53 bits per heavy atom. The molecule has 0 saturated heterocycles. The third-order valence-electron chi connectivity index (χ3n) is 5.46. The number of carbonyl (C=O) groups excluding carboxylic acids is 1. The zero-order valence-corrected chi connectivity index (χ0v) is 18.7. The van der Waals surface area contributed by atoms with Crippen LogP contribution in [-0.4, -0.2) is 25.3 Å². The van der Waals surface area contributed by atoms with E-state index in [0.717, 1.165) is 37.0 Å². The molecule has 30 heavy (non-hydrogen) atoms. The van der Waals surface area contributed by atoms with Crippen molar-refractivity contribution in [2.75, 3.05) is 7.11 Å². The molecule has 0 amide bonds. The summed E-state index contributed by atoms with van der Waals surface area (Å²) < 4.78 is 16.8. The van der Waals surface area contributed by atoms with Gasteiger partial charge in [0.25, 0.3) is 0 Å². The number of allylic oxidation sites excluding steroid dienone is 2. The second kappa shape index (κ2) is 14.8. The van der Waals surface area contributed by atoms with Crippen molar-refractivity contribution in [1.29, 1.82) is 0 Å². The quantitative estimate of drug-likeness (QED) is 0.525. The van der Waals surface area contributed by atoms with Gasteiger partial charge in [-0.25, -0.2) is 4.79 Å². The van der Waals surface area contributed by atoms with Crippen LogP contribution in [0, 0.1) is 0 Å². The van der Waals surface area contributed by atoms with Gasteiger partial charge in [-0.05, 0) is 43.9 Å². The van der Waals surface area contributed by atoms with Crippen molar-refractivity contribution in [2.24, 2.45) is 0 Å². The summed E-state index contributed by atoms with van der Waals surface area (Å²) in [5, 5.41) is 0. The third kappa shape index (κ3) is 10.6. The number of hydrogen-bond acceptors (Lipinski definition) is 4. The molecule has 0 fully saturated rings. The minimum absolute atomic E-state index is 0.0226. The lowest BCUT2D eigenvalue weighted by atomic mass is 10.0. The summed E-state index contributed by atoms with van der Waals surface area (Å²) in [6, 6.07) is 7.96. The number of cyclic esters (lactones) is 1. The minimum atomic E-state index is -0.274. The van der Waals surface area contributed by atoms with Gasteiger partial charge in [-0.3, -0.25) is 0 Å². The van der Waals surface area contributed by atoms with E-state index in [4.69, 9.17) is 14.2 Å². The van der Waals surface area contributed by atoms with E-state index in [0.29, 0.717) is 6.61 Å². The summed E-state index contributed by atoms with van der Waals surface area (Å²) in [7, 11) is 1.67. The molecule has 0 N–H and O–H groups in total. The Balaban J connectivity index is 1.91. The van der Waals surface area contributed by atoms with Gasteiger partial charge in [0.2, 0.25) is 0 Å². The van der Waals surface area contributed by atoms with Gasteiger partial charge in [0, 0.05) is 6.08 Å². The van der Waals surface area contributed by atoms with Crippen molar-refractivity contribution in [1.82, 2.24) is 0 Å². The lowest BCUT2D eigenvalue weighted by molar-refractivity contribution is -0.142. The summed E-state index contributed by atoms with van der Waals surface area (Å²) in [6.07, 6.45) is 19.1. The van der Waals surface area contributed by atoms with Crippen LogP contribution in [0.1, 0.15) is 76.7 Å². The van der Waals surface area contributed by atoms with Crippen LogP contribution in [0.15, 0.2) is 48.6 Å². The molecule has 2 rings (SSSR count). The Kier molecular flexibility index (Phi) is 12.0. The van der Waals surface area contributed by atoms with Gasteiger partial charge in [0.05, 0.1) is 25.9 Å². The van der Waals surface area contributed by atoms with Crippen molar-refractivity contribution in [3.63, 3.8) is 0 Å². The average molecular weight is 415 g/mol. The zero-order chi connectivity index (χ0) is 21.4. The predicted octanol–water partition coefficient (Wildman–Crippen LogP) is 6.54. The van der Waals surface area contributed by atoms with E-state index in [1.54, 1.807) is 13.2 Å². The van der Waals surface area contributed by atoms with E-state index >= 15 is 0 Å². The van der Waals surface area contributed by atoms with E-state index < -0.39 is 0 Å². The molecular weight excluding hydrogens is 376 g/mol. The predicted molar refractivity (Wildman–Crippen MR) is 122 cm³/mol. The van der Waals surface area contributed by atoms with Crippen LogP contribution in [-0.2, 0) is 20.9 Å². The molecule has 1 aromatic rings. The molecule has 1 aliphatic heterocycles. The number of hydrogen-bond donors (Lipinski definition) is 0. The first kappa shape index (κ1) is 24.2. The summed E-state index contributed by atoms with van der Waals surface area (Å²) >= 11 is 0. The topological polar surface area (TPSA) is 44.8 Å². The molecule has 0 aromatic heterocycles. The maximum atomic E-state index is 11.9. The summed E-state index contributed by atoms with van der Waals surface area (Å²) in [4.78, 5) is 11.9. The van der Waals surface area contributed by atoms with E-state index in [1.165, 1.54) is 44.6 Å². The maximum Gasteiger partial charge on any atom is 0.331 e. The summed E-state index contributed by atoms with van der Waals surface area (Å²) in [5.74, 6) is 0.574. The molecule has 0 aliphatic carbocycles. The lowest BCUT2D eigenvalue weighted by Gasteiger charge is -2.15. The molecule has 0 bridgehead atoms. The Labute approximate surface area is 182 Å². The van der Waals surface area contributed by atoms with Gasteiger partial charge >= 0.3 is 5.97 Å². The van der Waals surface area contributed by atoms with Crippen LogP contribution < -0.4 is 4.74 Å².